The highest BCUT2D eigenvalue weighted by Crippen LogP contribution is 2.06. The van der Waals surface area contributed by atoms with Crippen LogP contribution in [-0.4, -0.2) is 49.7 Å². The zero-order valence-electron chi connectivity index (χ0n) is 11.7. The Hall–Kier alpha value is -0.650. The van der Waals surface area contributed by atoms with Crippen molar-refractivity contribution in [3.05, 3.63) is 0 Å². The van der Waals surface area contributed by atoms with Gasteiger partial charge in [0.05, 0.1) is 13.2 Å². The molecule has 0 aromatic rings. The quantitative estimate of drug-likeness (QED) is 0.478. The van der Waals surface area contributed by atoms with E-state index in [1.807, 2.05) is 20.8 Å². The Morgan fingerprint density at radius 3 is 2.17 bits per heavy atom. The van der Waals surface area contributed by atoms with Gasteiger partial charge in [-0.3, -0.25) is 0 Å². The van der Waals surface area contributed by atoms with Crippen molar-refractivity contribution in [3.63, 3.8) is 0 Å². The fourth-order valence-corrected chi connectivity index (χ4v) is 1.28. The van der Waals surface area contributed by atoms with Crippen molar-refractivity contribution in [2.24, 2.45) is 0 Å². The Bertz CT molecular complexity index is 210. The molecule has 0 saturated heterocycles. The minimum atomic E-state index is -0.454. The molecule has 0 aliphatic carbocycles. The number of rotatable bonds is 10. The van der Waals surface area contributed by atoms with Crippen LogP contribution in [0.5, 0.6) is 0 Å². The average Bonchev–Trinajstić information content (AvgIpc) is 2.24. The molecule has 0 aliphatic rings. The van der Waals surface area contributed by atoms with Crippen molar-refractivity contribution in [3.8, 4) is 0 Å². The van der Waals surface area contributed by atoms with Crippen LogP contribution in [-0.2, 0) is 19.0 Å². The fourth-order valence-electron chi connectivity index (χ4n) is 1.28. The van der Waals surface area contributed by atoms with Gasteiger partial charge in [-0.15, -0.1) is 0 Å². The summed E-state index contributed by atoms with van der Waals surface area (Å²) in [6.45, 7) is 7.18. The molecule has 0 rings (SSSR count). The van der Waals surface area contributed by atoms with Crippen LogP contribution in [0.1, 0.15) is 40.0 Å². The Kier molecular flexibility index (Phi) is 9.92. The predicted octanol–water partition coefficient (Wildman–Crippen LogP) is 1.52. The van der Waals surface area contributed by atoms with Gasteiger partial charge in [-0.25, -0.2) is 4.79 Å². The molecule has 5 heteroatoms. The molecule has 0 spiro atoms. The highest BCUT2D eigenvalue weighted by molar-refractivity contribution is 5.71. The van der Waals surface area contributed by atoms with Gasteiger partial charge in [0, 0.05) is 13.2 Å². The van der Waals surface area contributed by atoms with E-state index in [0.29, 0.717) is 19.8 Å². The van der Waals surface area contributed by atoms with Crippen LogP contribution in [0.4, 0.5) is 0 Å². The number of aliphatic hydroxyl groups excluding tert-OH is 1. The molecule has 0 atom stereocenters. The van der Waals surface area contributed by atoms with Gasteiger partial charge in [-0.1, -0.05) is 0 Å². The van der Waals surface area contributed by atoms with Crippen molar-refractivity contribution in [1.82, 2.24) is 0 Å². The number of hydrogen-bond acceptors (Lipinski definition) is 5. The first-order valence-electron chi connectivity index (χ1n) is 6.44. The summed E-state index contributed by atoms with van der Waals surface area (Å²) in [5, 5.41) is 8.48. The summed E-state index contributed by atoms with van der Waals surface area (Å²) in [4.78, 5) is 11.3. The molecule has 0 unspecified atom stereocenters. The van der Waals surface area contributed by atoms with Crippen molar-refractivity contribution in [2.75, 3.05) is 33.0 Å². The molecule has 0 fully saturated rings. The largest absolute Gasteiger partial charge is 0.458 e. The molecule has 18 heavy (non-hydrogen) atoms. The Morgan fingerprint density at radius 2 is 1.61 bits per heavy atom. The lowest BCUT2D eigenvalue weighted by Gasteiger charge is -2.19. The van der Waals surface area contributed by atoms with Gasteiger partial charge in [-0.2, -0.15) is 0 Å². The molecule has 108 valence electrons. The molecular weight excluding hydrogens is 236 g/mol. The number of aliphatic hydroxyl groups is 1. The summed E-state index contributed by atoms with van der Waals surface area (Å²) in [5.41, 5.74) is -0.454. The van der Waals surface area contributed by atoms with E-state index in [2.05, 4.69) is 0 Å². The van der Waals surface area contributed by atoms with Gasteiger partial charge >= 0.3 is 5.97 Å². The van der Waals surface area contributed by atoms with E-state index in [-0.39, 0.29) is 19.2 Å². The summed E-state index contributed by atoms with van der Waals surface area (Å²) in [6.07, 6.45) is 2.82. The van der Waals surface area contributed by atoms with Crippen LogP contribution in [0.25, 0.3) is 0 Å². The maximum absolute atomic E-state index is 11.3. The lowest BCUT2D eigenvalue weighted by atomic mass is 10.2. The SMILES string of the molecule is CC(C)(C)OC(=O)COCCCCCOCCO. The van der Waals surface area contributed by atoms with Gasteiger partial charge < -0.3 is 19.3 Å². The lowest BCUT2D eigenvalue weighted by molar-refractivity contribution is -0.160. The molecule has 0 aromatic carbocycles. The second kappa shape index (κ2) is 10.3. The highest BCUT2D eigenvalue weighted by atomic mass is 16.6. The number of carbonyl (C=O) groups is 1. The molecular formula is C13H26O5. The lowest BCUT2D eigenvalue weighted by Crippen LogP contribution is -2.26. The first-order chi connectivity index (χ1) is 8.45. The molecule has 0 bridgehead atoms. The summed E-state index contributed by atoms with van der Waals surface area (Å²) >= 11 is 0. The minimum absolute atomic E-state index is 0.0122. The zero-order valence-corrected chi connectivity index (χ0v) is 11.7. The number of carbonyl (C=O) groups excluding carboxylic acids is 1. The molecule has 0 saturated carbocycles. The monoisotopic (exact) mass is 262 g/mol. The summed E-state index contributed by atoms with van der Waals surface area (Å²) < 4.78 is 15.4. The van der Waals surface area contributed by atoms with E-state index in [9.17, 15) is 4.79 Å². The molecule has 0 aromatic heterocycles. The Balaban J connectivity index is 3.23. The van der Waals surface area contributed by atoms with Crippen LogP contribution in [0.3, 0.4) is 0 Å². The standard InChI is InChI=1S/C13H26O5/c1-13(2,3)18-12(15)11-17-9-6-4-5-8-16-10-7-14/h14H,4-11H2,1-3H3. The van der Waals surface area contributed by atoms with Crippen molar-refractivity contribution in [2.45, 2.75) is 45.6 Å². The van der Waals surface area contributed by atoms with Crippen molar-refractivity contribution >= 4 is 5.97 Å². The minimum Gasteiger partial charge on any atom is -0.458 e. The summed E-state index contributed by atoms with van der Waals surface area (Å²) in [6, 6.07) is 0. The topological polar surface area (TPSA) is 65.0 Å². The normalized spacial score (nSPS) is 11.6. The van der Waals surface area contributed by atoms with E-state index in [1.54, 1.807) is 0 Å². The second-order valence-electron chi connectivity index (χ2n) is 5.04. The highest BCUT2D eigenvalue weighted by Gasteiger charge is 2.15. The zero-order chi connectivity index (χ0) is 13.9. The molecule has 0 aliphatic heterocycles. The third-order valence-corrected chi connectivity index (χ3v) is 1.95. The van der Waals surface area contributed by atoms with E-state index in [4.69, 9.17) is 19.3 Å². The van der Waals surface area contributed by atoms with Gasteiger partial charge in [0.25, 0.3) is 0 Å². The maximum atomic E-state index is 11.3. The van der Waals surface area contributed by atoms with Crippen LogP contribution < -0.4 is 0 Å². The van der Waals surface area contributed by atoms with Crippen LogP contribution in [0.2, 0.25) is 0 Å². The third-order valence-electron chi connectivity index (χ3n) is 1.95. The van der Waals surface area contributed by atoms with E-state index in [1.165, 1.54) is 0 Å². The fraction of sp³-hybridized carbons (Fsp3) is 0.923. The molecule has 0 radical (unpaired) electrons. The molecule has 0 heterocycles. The van der Waals surface area contributed by atoms with Crippen LogP contribution in [0.15, 0.2) is 0 Å². The Labute approximate surface area is 109 Å². The number of esters is 1. The van der Waals surface area contributed by atoms with Gasteiger partial charge in [0.1, 0.15) is 12.2 Å². The number of ether oxygens (including phenoxy) is 3. The van der Waals surface area contributed by atoms with Crippen LogP contribution in [0, 0.1) is 0 Å². The van der Waals surface area contributed by atoms with E-state index in [0.717, 1.165) is 19.3 Å². The van der Waals surface area contributed by atoms with E-state index >= 15 is 0 Å². The predicted molar refractivity (Wildman–Crippen MR) is 68.4 cm³/mol. The average molecular weight is 262 g/mol. The van der Waals surface area contributed by atoms with Crippen LogP contribution >= 0.6 is 0 Å². The molecule has 0 amide bonds. The first-order valence-corrected chi connectivity index (χ1v) is 6.44. The summed E-state index contributed by atoms with van der Waals surface area (Å²) in [7, 11) is 0. The van der Waals surface area contributed by atoms with Gasteiger partial charge in [-0.05, 0) is 40.0 Å². The maximum Gasteiger partial charge on any atom is 0.332 e. The van der Waals surface area contributed by atoms with Gasteiger partial charge in [0.2, 0.25) is 0 Å². The van der Waals surface area contributed by atoms with Crippen molar-refractivity contribution in [1.29, 1.82) is 0 Å². The number of unbranched alkanes of at least 4 members (excludes halogenated alkanes) is 2. The smallest absolute Gasteiger partial charge is 0.332 e. The van der Waals surface area contributed by atoms with Crippen molar-refractivity contribution < 1.29 is 24.1 Å². The molecule has 5 nitrogen and oxygen atoms in total. The number of hydrogen-bond donors (Lipinski definition) is 1. The first kappa shape index (κ1) is 17.4. The molecule has 1 N–H and O–H groups in total. The van der Waals surface area contributed by atoms with Gasteiger partial charge in [0.15, 0.2) is 0 Å². The Morgan fingerprint density at radius 1 is 1.00 bits per heavy atom. The summed E-state index contributed by atoms with van der Waals surface area (Å²) in [5.74, 6) is -0.325. The second-order valence-corrected chi connectivity index (χ2v) is 5.04. The van der Waals surface area contributed by atoms with E-state index < -0.39 is 5.60 Å². The third kappa shape index (κ3) is 13.4.